The van der Waals surface area contributed by atoms with Crippen molar-refractivity contribution < 1.29 is 14.3 Å². The molecular formula is C28H30N6O3. The van der Waals surface area contributed by atoms with E-state index in [0.29, 0.717) is 35.8 Å². The number of nitrogens with one attached hydrogen (secondary N) is 2. The Labute approximate surface area is 216 Å². The van der Waals surface area contributed by atoms with Crippen molar-refractivity contribution in [3.05, 3.63) is 83.0 Å². The highest BCUT2D eigenvalue weighted by molar-refractivity contribution is 6.13. The minimum atomic E-state index is -0.348. The largest absolute Gasteiger partial charge is 0.378 e. The molecule has 0 saturated carbocycles. The van der Waals surface area contributed by atoms with Gasteiger partial charge in [0.25, 0.3) is 11.8 Å². The summed E-state index contributed by atoms with van der Waals surface area (Å²) in [6.45, 7) is 6.33. The van der Waals surface area contributed by atoms with E-state index in [1.165, 1.54) is 0 Å². The van der Waals surface area contributed by atoms with Crippen molar-refractivity contribution >= 4 is 34.8 Å². The van der Waals surface area contributed by atoms with E-state index in [2.05, 4.69) is 30.4 Å². The van der Waals surface area contributed by atoms with Crippen LogP contribution in [0.1, 0.15) is 31.8 Å². The highest BCUT2D eigenvalue weighted by Gasteiger charge is 2.20. The summed E-state index contributed by atoms with van der Waals surface area (Å²) < 4.78 is 5.46. The van der Waals surface area contributed by atoms with Gasteiger partial charge in [-0.25, -0.2) is 4.98 Å². The van der Waals surface area contributed by atoms with Gasteiger partial charge in [-0.05, 0) is 48.9 Å². The van der Waals surface area contributed by atoms with Crippen LogP contribution in [0.15, 0.2) is 65.8 Å². The van der Waals surface area contributed by atoms with Crippen LogP contribution in [0.25, 0.3) is 0 Å². The Balaban J connectivity index is 1.39. The van der Waals surface area contributed by atoms with Gasteiger partial charge >= 0.3 is 0 Å². The van der Waals surface area contributed by atoms with Gasteiger partial charge in [0.05, 0.1) is 31.0 Å². The number of hydrogen-bond donors (Lipinski definition) is 2. The molecule has 0 aliphatic carbocycles. The Kier molecular flexibility index (Phi) is 7.14. The summed E-state index contributed by atoms with van der Waals surface area (Å²) in [6.07, 6.45) is 1.70. The van der Waals surface area contributed by atoms with Gasteiger partial charge in [-0.2, -0.15) is 0 Å². The minimum Gasteiger partial charge on any atom is -0.378 e. The van der Waals surface area contributed by atoms with Crippen LogP contribution in [-0.2, 0) is 4.74 Å². The summed E-state index contributed by atoms with van der Waals surface area (Å²) in [5, 5.41) is 5.78. The van der Waals surface area contributed by atoms with Crippen molar-refractivity contribution in [2.45, 2.75) is 6.92 Å². The van der Waals surface area contributed by atoms with Crippen LogP contribution in [0, 0.1) is 6.92 Å². The lowest BCUT2D eigenvalue weighted by atomic mass is 10.1. The molecule has 0 unspecified atom stereocenters. The number of ether oxygens (including phenoxy) is 1. The second-order valence-corrected chi connectivity index (χ2v) is 9.16. The van der Waals surface area contributed by atoms with Gasteiger partial charge in [0, 0.05) is 49.7 Å². The molecule has 0 atom stereocenters. The average Bonchev–Trinajstić information content (AvgIpc) is 3.36. The number of amides is 2. The van der Waals surface area contributed by atoms with Crippen LogP contribution in [0.3, 0.4) is 0 Å². The number of aryl methyl sites for hydroxylation is 1. The predicted octanol–water partition coefficient (Wildman–Crippen LogP) is 3.42. The smallest absolute Gasteiger partial charge is 0.259 e. The second kappa shape index (κ2) is 10.8. The lowest BCUT2D eigenvalue weighted by molar-refractivity contribution is 0.102. The van der Waals surface area contributed by atoms with E-state index in [4.69, 9.17) is 4.74 Å². The maximum absolute atomic E-state index is 13.3. The number of anilines is 3. The second-order valence-electron chi connectivity index (χ2n) is 9.16. The molecule has 3 heterocycles. The SMILES string of the molecule is Cc1ccc(NC(=O)c2cc(N3CCOCC3)ccc2NC(=O)c2ccc(C3=NCCN3C)cc2)nc1. The molecule has 3 aromatic rings. The number of aromatic nitrogens is 1. The molecule has 1 fully saturated rings. The molecule has 1 aromatic heterocycles. The molecule has 9 heteroatoms. The Bertz CT molecular complexity index is 1310. The molecule has 2 aliphatic heterocycles. The molecule has 0 bridgehead atoms. The fraction of sp³-hybridized carbons (Fsp3) is 0.286. The van der Waals surface area contributed by atoms with Crippen molar-refractivity contribution in [3.63, 3.8) is 0 Å². The number of likely N-dealkylation sites (N-methyl/N-ethyl adjacent to an activating group) is 1. The number of nitrogens with zero attached hydrogens (tertiary/aromatic N) is 4. The van der Waals surface area contributed by atoms with Crippen molar-refractivity contribution in [1.82, 2.24) is 9.88 Å². The molecule has 5 rings (SSSR count). The fourth-order valence-electron chi connectivity index (χ4n) is 4.38. The van der Waals surface area contributed by atoms with Crippen LogP contribution in [0.2, 0.25) is 0 Å². The third-order valence-electron chi connectivity index (χ3n) is 6.49. The minimum absolute atomic E-state index is 0.296. The first-order valence-corrected chi connectivity index (χ1v) is 12.4. The quantitative estimate of drug-likeness (QED) is 0.540. The molecule has 2 aliphatic rings. The van der Waals surface area contributed by atoms with Gasteiger partial charge in [0.2, 0.25) is 0 Å². The number of carbonyl (C=O) groups is 2. The zero-order valence-corrected chi connectivity index (χ0v) is 21.0. The third-order valence-corrected chi connectivity index (χ3v) is 6.49. The van der Waals surface area contributed by atoms with Crippen molar-refractivity contribution in [1.29, 1.82) is 0 Å². The number of morpholine rings is 1. The topological polar surface area (TPSA) is 99.2 Å². The fourth-order valence-corrected chi connectivity index (χ4v) is 4.38. The van der Waals surface area contributed by atoms with E-state index in [9.17, 15) is 9.59 Å². The van der Waals surface area contributed by atoms with Gasteiger partial charge < -0.3 is 25.2 Å². The van der Waals surface area contributed by atoms with Crippen molar-refractivity contribution in [2.75, 3.05) is 62.0 Å². The molecule has 1 saturated heterocycles. The standard InChI is InChI=1S/C28H30N6O3/c1-19-3-10-25(30-18-19)32-28(36)23-17-22(34-13-15-37-16-14-34)8-9-24(23)31-27(35)21-6-4-20(5-7-21)26-29-11-12-33(26)2/h3-10,17-18H,11-16H2,1-2H3,(H,31,35)(H,30,32,36). The number of benzene rings is 2. The van der Waals surface area contributed by atoms with Crippen LogP contribution >= 0.6 is 0 Å². The zero-order valence-electron chi connectivity index (χ0n) is 21.0. The predicted molar refractivity (Wildman–Crippen MR) is 145 cm³/mol. The van der Waals surface area contributed by atoms with Gasteiger partial charge in [0.1, 0.15) is 11.7 Å². The number of rotatable bonds is 6. The molecule has 2 N–H and O–H groups in total. The van der Waals surface area contributed by atoms with E-state index in [-0.39, 0.29) is 11.8 Å². The van der Waals surface area contributed by atoms with Gasteiger partial charge in [-0.3, -0.25) is 14.6 Å². The normalized spacial score (nSPS) is 15.4. The molecule has 0 spiro atoms. The number of carbonyl (C=O) groups excluding carboxylic acids is 2. The Morgan fingerprint density at radius 3 is 2.38 bits per heavy atom. The molecule has 2 aromatic carbocycles. The lowest BCUT2D eigenvalue weighted by Gasteiger charge is -2.29. The van der Waals surface area contributed by atoms with Crippen molar-refractivity contribution in [2.24, 2.45) is 4.99 Å². The molecule has 37 heavy (non-hydrogen) atoms. The highest BCUT2D eigenvalue weighted by Crippen LogP contribution is 2.26. The summed E-state index contributed by atoms with van der Waals surface area (Å²) in [4.78, 5) is 39.5. The maximum Gasteiger partial charge on any atom is 0.259 e. The average molecular weight is 499 g/mol. The van der Waals surface area contributed by atoms with E-state index in [1.807, 2.05) is 44.3 Å². The Hall–Kier alpha value is -4.24. The molecule has 9 nitrogen and oxygen atoms in total. The molecule has 190 valence electrons. The van der Waals surface area contributed by atoms with Crippen LogP contribution < -0.4 is 15.5 Å². The first-order chi connectivity index (χ1) is 18.0. The highest BCUT2D eigenvalue weighted by atomic mass is 16.5. The third kappa shape index (κ3) is 5.62. The van der Waals surface area contributed by atoms with E-state index in [1.54, 1.807) is 30.5 Å². The Morgan fingerprint density at radius 1 is 0.919 bits per heavy atom. The molecule has 2 amide bonds. The monoisotopic (exact) mass is 498 g/mol. The van der Waals surface area contributed by atoms with Crippen LogP contribution in [-0.4, -0.2) is 74.0 Å². The van der Waals surface area contributed by atoms with E-state index < -0.39 is 0 Å². The van der Waals surface area contributed by atoms with E-state index >= 15 is 0 Å². The summed E-state index contributed by atoms with van der Waals surface area (Å²) in [5.41, 5.74) is 4.15. The number of amidine groups is 1. The van der Waals surface area contributed by atoms with Crippen LogP contribution in [0.4, 0.5) is 17.2 Å². The van der Waals surface area contributed by atoms with Crippen molar-refractivity contribution in [3.8, 4) is 0 Å². The first kappa shape index (κ1) is 24.5. The number of hydrogen-bond acceptors (Lipinski definition) is 7. The zero-order chi connectivity index (χ0) is 25.8. The Morgan fingerprint density at radius 2 is 1.70 bits per heavy atom. The van der Waals surface area contributed by atoms with Gasteiger partial charge in [-0.15, -0.1) is 0 Å². The molecular weight excluding hydrogens is 468 g/mol. The first-order valence-electron chi connectivity index (χ1n) is 12.4. The lowest BCUT2D eigenvalue weighted by Crippen LogP contribution is -2.36. The number of pyridine rings is 1. The summed E-state index contributed by atoms with van der Waals surface area (Å²) in [6, 6.07) is 16.5. The summed E-state index contributed by atoms with van der Waals surface area (Å²) >= 11 is 0. The summed E-state index contributed by atoms with van der Waals surface area (Å²) in [7, 11) is 2.01. The van der Waals surface area contributed by atoms with Gasteiger partial charge in [-0.1, -0.05) is 18.2 Å². The number of aliphatic imine (C=N–C) groups is 1. The van der Waals surface area contributed by atoms with E-state index in [0.717, 1.165) is 48.8 Å². The van der Waals surface area contributed by atoms with Gasteiger partial charge in [0.15, 0.2) is 0 Å². The maximum atomic E-state index is 13.3. The van der Waals surface area contributed by atoms with Crippen LogP contribution in [0.5, 0.6) is 0 Å². The molecule has 0 radical (unpaired) electrons. The summed E-state index contributed by atoms with van der Waals surface area (Å²) in [5.74, 6) is 0.726.